The molecule has 1 amide bonds. The average Bonchev–Trinajstić information content (AvgIpc) is 3.56. The maximum Gasteiger partial charge on any atom is 0.270 e. The van der Waals surface area contributed by atoms with Crippen molar-refractivity contribution < 1.29 is 9.18 Å². The van der Waals surface area contributed by atoms with Gasteiger partial charge in [-0.3, -0.25) is 9.89 Å². The average molecular weight is 482 g/mol. The summed E-state index contributed by atoms with van der Waals surface area (Å²) in [7, 11) is 1.73. The van der Waals surface area contributed by atoms with Gasteiger partial charge in [-0.2, -0.15) is 5.10 Å². The highest BCUT2D eigenvalue weighted by atomic mass is 19.1. The summed E-state index contributed by atoms with van der Waals surface area (Å²) in [6, 6.07) is 17.4. The quantitative estimate of drug-likeness (QED) is 0.304. The van der Waals surface area contributed by atoms with Crippen LogP contribution in [-0.2, 0) is 0 Å². The summed E-state index contributed by atoms with van der Waals surface area (Å²) in [4.78, 5) is 26.8. The van der Waals surface area contributed by atoms with Crippen LogP contribution in [0.25, 0.3) is 33.4 Å². The van der Waals surface area contributed by atoms with Gasteiger partial charge in [0.05, 0.1) is 6.20 Å². The van der Waals surface area contributed by atoms with E-state index < -0.39 is 6.17 Å². The maximum atomic E-state index is 13.2. The zero-order chi connectivity index (χ0) is 24.6. The van der Waals surface area contributed by atoms with Gasteiger partial charge in [0.2, 0.25) is 0 Å². The number of aromatic nitrogens is 5. The lowest BCUT2D eigenvalue weighted by Crippen LogP contribution is -2.46. The second kappa shape index (κ2) is 8.92. The van der Waals surface area contributed by atoms with Crippen LogP contribution in [0.3, 0.4) is 0 Å². The monoisotopic (exact) mass is 481 g/mol. The molecule has 0 spiro atoms. The Bertz CT molecular complexity index is 1520. The van der Waals surface area contributed by atoms with Gasteiger partial charge in [-0.05, 0) is 48.7 Å². The normalized spacial score (nSPS) is 17.1. The molecule has 0 radical (unpaired) electrons. The third-order valence-corrected chi connectivity index (χ3v) is 6.68. The molecule has 3 N–H and O–H groups in total. The van der Waals surface area contributed by atoms with Crippen molar-refractivity contribution >= 4 is 28.3 Å². The zero-order valence-electron chi connectivity index (χ0n) is 19.6. The molecule has 5 aromatic rings. The number of hydrogen-bond donors (Lipinski definition) is 3. The van der Waals surface area contributed by atoms with Crippen LogP contribution in [0.2, 0.25) is 0 Å². The van der Waals surface area contributed by atoms with Crippen LogP contribution in [0, 0.1) is 0 Å². The van der Waals surface area contributed by atoms with E-state index in [1.165, 1.54) is 0 Å². The van der Waals surface area contributed by atoms with E-state index in [4.69, 9.17) is 0 Å². The first kappa shape index (κ1) is 22.0. The van der Waals surface area contributed by atoms with Gasteiger partial charge in [0.15, 0.2) is 5.82 Å². The van der Waals surface area contributed by atoms with Gasteiger partial charge in [-0.15, -0.1) is 0 Å². The molecular weight excluding hydrogens is 457 g/mol. The van der Waals surface area contributed by atoms with Crippen LogP contribution in [-0.4, -0.2) is 55.2 Å². The minimum absolute atomic E-state index is 0.0417. The van der Waals surface area contributed by atoms with Crippen molar-refractivity contribution in [1.82, 2.24) is 30.0 Å². The molecule has 0 bridgehead atoms. The molecule has 0 unspecified atom stereocenters. The van der Waals surface area contributed by atoms with Crippen LogP contribution >= 0.6 is 0 Å². The standard InChI is InChI=1S/C27H24FN7O/c1-35(22-12-20(28)13-22)27(36)24-10-17-2-3-18(11-23(17)33-24)26-29-9-8-25(34-26)32-21-6-4-16(5-7-21)19-14-30-31-15-19/h2-11,14-15,20,22,33H,12-13H2,1H3,(H,30,31)(H,29,32,34). The van der Waals surface area contributed by atoms with Gasteiger partial charge in [0, 0.05) is 53.2 Å². The maximum absolute atomic E-state index is 13.2. The predicted octanol–water partition coefficient (Wildman–Crippen LogP) is 5.33. The lowest BCUT2D eigenvalue weighted by atomic mass is 9.89. The van der Waals surface area contributed by atoms with E-state index in [0.29, 0.717) is 30.2 Å². The van der Waals surface area contributed by atoms with E-state index in [-0.39, 0.29) is 11.9 Å². The predicted molar refractivity (Wildman–Crippen MR) is 137 cm³/mol. The molecule has 1 aliphatic carbocycles. The molecule has 8 nitrogen and oxygen atoms in total. The third kappa shape index (κ3) is 4.19. The molecule has 6 rings (SSSR count). The highest BCUT2D eigenvalue weighted by Crippen LogP contribution is 2.30. The van der Waals surface area contributed by atoms with Crippen molar-refractivity contribution in [3.8, 4) is 22.5 Å². The Hall–Kier alpha value is -4.53. The lowest BCUT2D eigenvalue weighted by molar-refractivity contribution is 0.0466. The van der Waals surface area contributed by atoms with E-state index >= 15 is 0 Å². The molecule has 0 aliphatic heterocycles. The number of nitrogens with one attached hydrogen (secondary N) is 3. The Morgan fingerprint density at radius 2 is 1.86 bits per heavy atom. The molecule has 2 aromatic carbocycles. The summed E-state index contributed by atoms with van der Waals surface area (Å²) >= 11 is 0. The molecule has 3 aromatic heterocycles. The third-order valence-electron chi connectivity index (χ3n) is 6.68. The molecule has 180 valence electrons. The number of rotatable bonds is 6. The van der Waals surface area contributed by atoms with Crippen molar-refractivity contribution in [2.75, 3.05) is 12.4 Å². The molecule has 1 aliphatic rings. The van der Waals surface area contributed by atoms with E-state index in [1.807, 2.05) is 60.8 Å². The molecule has 9 heteroatoms. The van der Waals surface area contributed by atoms with E-state index in [9.17, 15) is 9.18 Å². The van der Waals surface area contributed by atoms with Gasteiger partial charge in [-0.25, -0.2) is 14.4 Å². The Morgan fingerprint density at radius 3 is 2.61 bits per heavy atom. The van der Waals surface area contributed by atoms with Crippen molar-refractivity contribution in [2.45, 2.75) is 25.1 Å². The topological polar surface area (TPSA) is 103 Å². The fourth-order valence-electron chi connectivity index (χ4n) is 4.44. The number of alkyl halides is 1. The van der Waals surface area contributed by atoms with Gasteiger partial charge in [0.1, 0.15) is 17.7 Å². The summed E-state index contributed by atoms with van der Waals surface area (Å²) in [6.45, 7) is 0. The lowest BCUT2D eigenvalue weighted by Gasteiger charge is -2.37. The number of benzene rings is 2. The number of amides is 1. The van der Waals surface area contributed by atoms with Crippen LogP contribution in [0.1, 0.15) is 23.3 Å². The highest BCUT2D eigenvalue weighted by molar-refractivity contribution is 5.98. The number of nitrogens with zero attached hydrogens (tertiary/aromatic N) is 4. The van der Waals surface area contributed by atoms with Crippen LogP contribution in [0.4, 0.5) is 15.9 Å². The van der Waals surface area contributed by atoms with Crippen molar-refractivity contribution in [3.05, 3.63) is 78.9 Å². The van der Waals surface area contributed by atoms with Crippen LogP contribution < -0.4 is 5.32 Å². The smallest absolute Gasteiger partial charge is 0.270 e. The summed E-state index contributed by atoms with van der Waals surface area (Å²) in [6.07, 6.45) is 5.36. The summed E-state index contributed by atoms with van der Waals surface area (Å²) in [5.74, 6) is 1.11. The second-order valence-corrected chi connectivity index (χ2v) is 9.08. The number of H-pyrrole nitrogens is 2. The molecule has 36 heavy (non-hydrogen) atoms. The number of anilines is 2. The first-order valence-electron chi connectivity index (χ1n) is 11.8. The Labute approximate surface area is 206 Å². The molecule has 1 fully saturated rings. The van der Waals surface area contributed by atoms with E-state index in [2.05, 4.69) is 30.5 Å². The second-order valence-electron chi connectivity index (χ2n) is 9.08. The summed E-state index contributed by atoms with van der Waals surface area (Å²) in [5.41, 5.74) is 5.14. The van der Waals surface area contributed by atoms with Crippen molar-refractivity contribution in [2.24, 2.45) is 0 Å². The first-order chi connectivity index (χ1) is 17.5. The van der Waals surface area contributed by atoms with E-state index in [1.54, 1.807) is 24.3 Å². The number of fused-ring (bicyclic) bond motifs is 1. The molecule has 0 saturated heterocycles. The van der Waals surface area contributed by atoms with Crippen LogP contribution in [0.15, 0.2) is 73.2 Å². The Balaban J connectivity index is 1.20. The largest absolute Gasteiger partial charge is 0.351 e. The van der Waals surface area contributed by atoms with Crippen molar-refractivity contribution in [3.63, 3.8) is 0 Å². The number of carbonyl (C=O) groups excluding carboxylic acids is 1. The van der Waals surface area contributed by atoms with E-state index in [0.717, 1.165) is 33.3 Å². The minimum atomic E-state index is -0.803. The molecule has 0 atom stereocenters. The van der Waals surface area contributed by atoms with Gasteiger partial charge in [0.25, 0.3) is 5.91 Å². The summed E-state index contributed by atoms with van der Waals surface area (Å²) in [5, 5.41) is 11.0. The molecular formula is C27H24FN7O. The number of aromatic amines is 2. The minimum Gasteiger partial charge on any atom is -0.351 e. The summed E-state index contributed by atoms with van der Waals surface area (Å²) < 4.78 is 13.2. The first-order valence-corrected chi connectivity index (χ1v) is 11.8. The SMILES string of the molecule is CN(C(=O)c1cc2ccc(-c3nccc(Nc4ccc(-c5cn[nH]c5)cc4)n3)cc2[nH]1)C1CC(F)C1. The highest BCUT2D eigenvalue weighted by Gasteiger charge is 2.34. The number of halogens is 1. The van der Waals surface area contributed by atoms with Gasteiger partial charge < -0.3 is 15.2 Å². The molecule has 3 heterocycles. The Morgan fingerprint density at radius 1 is 1.06 bits per heavy atom. The number of hydrogen-bond acceptors (Lipinski definition) is 5. The van der Waals surface area contributed by atoms with Crippen molar-refractivity contribution in [1.29, 1.82) is 0 Å². The Kier molecular flexibility index (Phi) is 5.44. The fourth-order valence-corrected chi connectivity index (χ4v) is 4.44. The number of carbonyl (C=O) groups is 1. The van der Waals surface area contributed by atoms with Gasteiger partial charge in [-0.1, -0.05) is 24.3 Å². The van der Waals surface area contributed by atoms with Crippen LogP contribution in [0.5, 0.6) is 0 Å². The zero-order valence-corrected chi connectivity index (χ0v) is 19.6. The molecule has 1 saturated carbocycles. The fraction of sp³-hybridized carbons (Fsp3) is 0.185. The van der Waals surface area contributed by atoms with Gasteiger partial charge >= 0.3 is 0 Å².